The summed E-state index contributed by atoms with van der Waals surface area (Å²) in [7, 11) is 0. The number of nitrogens with zero attached hydrogens (tertiary/aromatic N) is 2. The lowest BCUT2D eigenvalue weighted by Crippen LogP contribution is -2.14. The number of oxazole rings is 1. The van der Waals surface area contributed by atoms with Crippen LogP contribution in [-0.4, -0.2) is 23.1 Å². The Labute approximate surface area is 110 Å². The van der Waals surface area contributed by atoms with Gasteiger partial charge in [-0.05, 0) is 24.3 Å². The van der Waals surface area contributed by atoms with E-state index in [1.54, 1.807) is 6.20 Å². The third kappa shape index (κ3) is 2.82. The third-order valence-electron chi connectivity index (χ3n) is 2.67. The van der Waals surface area contributed by atoms with Crippen molar-refractivity contribution in [2.75, 3.05) is 23.7 Å². The van der Waals surface area contributed by atoms with E-state index >= 15 is 0 Å². The van der Waals surface area contributed by atoms with Gasteiger partial charge in [-0.1, -0.05) is 18.2 Å². The second-order valence-corrected chi connectivity index (χ2v) is 4.06. The van der Waals surface area contributed by atoms with E-state index < -0.39 is 0 Å². The van der Waals surface area contributed by atoms with Crippen LogP contribution in [0.3, 0.4) is 0 Å². The quantitative estimate of drug-likeness (QED) is 0.685. The van der Waals surface area contributed by atoms with Crippen LogP contribution in [0.5, 0.6) is 0 Å². The summed E-state index contributed by atoms with van der Waals surface area (Å²) in [6, 6.07) is 14.0. The number of benzene rings is 1. The van der Waals surface area contributed by atoms with Gasteiger partial charge >= 0.3 is 0 Å². The van der Waals surface area contributed by atoms with Crippen molar-refractivity contribution in [1.82, 2.24) is 9.97 Å². The Morgan fingerprint density at radius 1 is 0.947 bits per heavy atom. The number of hydrogen-bond acceptors (Lipinski definition) is 5. The molecular formula is C14H14N4O. The van der Waals surface area contributed by atoms with Gasteiger partial charge in [-0.2, -0.15) is 4.98 Å². The topological polar surface area (TPSA) is 63.0 Å². The molecular weight excluding hydrogens is 240 g/mol. The number of nitrogens with one attached hydrogen (secondary N) is 2. The van der Waals surface area contributed by atoms with Crippen molar-refractivity contribution in [1.29, 1.82) is 0 Å². The number of fused-ring (bicyclic) bond motifs is 1. The first-order chi connectivity index (χ1) is 9.42. The molecule has 0 saturated heterocycles. The summed E-state index contributed by atoms with van der Waals surface area (Å²) in [5.74, 6) is 0.863. The van der Waals surface area contributed by atoms with Gasteiger partial charge in [0.15, 0.2) is 5.58 Å². The number of rotatable bonds is 5. The smallest absolute Gasteiger partial charge is 0.295 e. The van der Waals surface area contributed by atoms with E-state index in [1.807, 2.05) is 42.5 Å². The molecule has 0 atom stereocenters. The van der Waals surface area contributed by atoms with Crippen LogP contribution in [0.15, 0.2) is 53.1 Å². The molecule has 0 spiro atoms. The molecule has 0 aliphatic carbocycles. The number of pyridine rings is 1. The Kier molecular flexibility index (Phi) is 3.27. The number of aromatic nitrogens is 2. The molecule has 3 aromatic rings. The molecule has 96 valence electrons. The molecule has 0 fully saturated rings. The van der Waals surface area contributed by atoms with Gasteiger partial charge in [-0.25, -0.2) is 4.98 Å². The average molecular weight is 254 g/mol. The van der Waals surface area contributed by atoms with Crippen LogP contribution in [0.25, 0.3) is 11.1 Å². The van der Waals surface area contributed by atoms with Crippen LogP contribution >= 0.6 is 0 Å². The Balaban J connectivity index is 1.52. The molecule has 0 aliphatic rings. The van der Waals surface area contributed by atoms with Crippen LogP contribution in [0, 0.1) is 0 Å². The molecule has 2 N–H and O–H groups in total. The van der Waals surface area contributed by atoms with E-state index in [-0.39, 0.29) is 0 Å². The first kappa shape index (κ1) is 11.5. The Morgan fingerprint density at radius 2 is 1.79 bits per heavy atom. The van der Waals surface area contributed by atoms with Crippen molar-refractivity contribution >= 4 is 22.9 Å². The molecule has 1 aromatic carbocycles. The van der Waals surface area contributed by atoms with Crippen LogP contribution in [0.4, 0.5) is 11.8 Å². The molecule has 5 heteroatoms. The highest BCUT2D eigenvalue weighted by atomic mass is 16.4. The standard InChI is InChI=1S/C14H14N4O/c1-2-6-12-11(5-1)18-14(19-12)17-10-9-16-13-7-3-4-8-15-13/h1-8H,9-10H2,(H,15,16)(H,17,18). The molecule has 0 saturated carbocycles. The lowest BCUT2D eigenvalue weighted by atomic mass is 10.3. The number of anilines is 2. The van der Waals surface area contributed by atoms with Crippen molar-refractivity contribution in [3.63, 3.8) is 0 Å². The van der Waals surface area contributed by atoms with Crippen molar-refractivity contribution in [3.05, 3.63) is 48.7 Å². The molecule has 0 unspecified atom stereocenters. The van der Waals surface area contributed by atoms with Gasteiger partial charge in [0.05, 0.1) is 0 Å². The summed E-state index contributed by atoms with van der Waals surface area (Å²) in [4.78, 5) is 8.52. The van der Waals surface area contributed by atoms with Crippen LogP contribution in [-0.2, 0) is 0 Å². The fourth-order valence-electron chi connectivity index (χ4n) is 1.78. The van der Waals surface area contributed by atoms with Crippen molar-refractivity contribution in [2.24, 2.45) is 0 Å². The molecule has 2 heterocycles. The third-order valence-corrected chi connectivity index (χ3v) is 2.67. The average Bonchev–Trinajstić information content (AvgIpc) is 2.87. The molecule has 2 aromatic heterocycles. The van der Waals surface area contributed by atoms with Crippen molar-refractivity contribution in [3.8, 4) is 0 Å². The molecule has 5 nitrogen and oxygen atoms in total. The zero-order chi connectivity index (χ0) is 12.9. The highest BCUT2D eigenvalue weighted by molar-refractivity contribution is 5.74. The second-order valence-electron chi connectivity index (χ2n) is 4.06. The molecule has 0 aliphatic heterocycles. The maximum Gasteiger partial charge on any atom is 0.295 e. The first-order valence-corrected chi connectivity index (χ1v) is 6.16. The fourth-order valence-corrected chi connectivity index (χ4v) is 1.78. The Bertz CT molecular complexity index is 618. The highest BCUT2D eigenvalue weighted by Gasteiger charge is 2.03. The fraction of sp³-hybridized carbons (Fsp3) is 0.143. The van der Waals surface area contributed by atoms with E-state index in [9.17, 15) is 0 Å². The predicted molar refractivity (Wildman–Crippen MR) is 75.2 cm³/mol. The maximum absolute atomic E-state index is 5.55. The van der Waals surface area contributed by atoms with Crippen LogP contribution < -0.4 is 10.6 Å². The number of para-hydroxylation sites is 2. The normalized spacial score (nSPS) is 10.5. The van der Waals surface area contributed by atoms with E-state index in [2.05, 4.69) is 20.6 Å². The van der Waals surface area contributed by atoms with Crippen molar-refractivity contribution in [2.45, 2.75) is 0 Å². The van der Waals surface area contributed by atoms with Gasteiger partial charge in [0.2, 0.25) is 0 Å². The molecule has 19 heavy (non-hydrogen) atoms. The van der Waals surface area contributed by atoms with Crippen LogP contribution in [0.1, 0.15) is 0 Å². The number of hydrogen-bond donors (Lipinski definition) is 2. The maximum atomic E-state index is 5.55. The lowest BCUT2D eigenvalue weighted by molar-refractivity contribution is 0.615. The summed E-state index contributed by atoms with van der Waals surface area (Å²) in [6.07, 6.45) is 1.76. The monoisotopic (exact) mass is 254 g/mol. The van der Waals surface area contributed by atoms with E-state index in [0.29, 0.717) is 12.6 Å². The van der Waals surface area contributed by atoms with E-state index in [4.69, 9.17) is 4.42 Å². The first-order valence-electron chi connectivity index (χ1n) is 6.16. The Morgan fingerprint density at radius 3 is 2.63 bits per heavy atom. The van der Waals surface area contributed by atoms with Gasteiger partial charge < -0.3 is 15.1 Å². The Hall–Kier alpha value is -2.56. The van der Waals surface area contributed by atoms with Gasteiger partial charge in [0, 0.05) is 19.3 Å². The SMILES string of the molecule is c1ccc(NCCNc2nc3ccccc3o2)nc1. The molecule has 0 bridgehead atoms. The molecule has 0 amide bonds. The van der Waals surface area contributed by atoms with Gasteiger partial charge in [0.25, 0.3) is 6.01 Å². The van der Waals surface area contributed by atoms with Gasteiger partial charge in [-0.3, -0.25) is 0 Å². The second kappa shape index (κ2) is 5.39. The summed E-state index contributed by atoms with van der Waals surface area (Å²) in [5.41, 5.74) is 1.66. The van der Waals surface area contributed by atoms with Crippen LogP contribution in [0.2, 0.25) is 0 Å². The molecule has 0 radical (unpaired) electrons. The summed E-state index contributed by atoms with van der Waals surface area (Å²) >= 11 is 0. The van der Waals surface area contributed by atoms with E-state index in [0.717, 1.165) is 23.5 Å². The minimum Gasteiger partial charge on any atom is -0.424 e. The highest BCUT2D eigenvalue weighted by Crippen LogP contribution is 2.17. The summed E-state index contributed by atoms with van der Waals surface area (Å²) in [5, 5.41) is 6.34. The van der Waals surface area contributed by atoms with E-state index in [1.165, 1.54) is 0 Å². The zero-order valence-electron chi connectivity index (χ0n) is 10.3. The predicted octanol–water partition coefficient (Wildman–Crippen LogP) is 2.75. The zero-order valence-corrected chi connectivity index (χ0v) is 10.3. The summed E-state index contributed by atoms with van der Waals surface area (Å²) < 4.78 is 5.55. The summed E-state index contributed by atoms with van der Waals surface area (Å²) in [6.45, 7) is 1.46. The lowest BCUT2D eigenvalue weighted by Gasteiger charge is -2.04. The van der Waals surface area contributed by atoms with Gasteiger partial charge in [-0.15, -0.1) is 0 Å². The largest absolute Gasteiger partial charge is 0.424 e. The van der Waals surface area contributed by atoms with Crippen molar-refractivity contribution < 1.29 is 4.42 Å². The minimum absolute atomic E-state index is 0.545. The molecule has 3 rings (SSSR count). The minimum atomic E-state index is 0.545. The van der Waals surface area contributed by atoms with Gasteiger partial charge in [0.1, 0.15) is 11.3 Å².